The summed E-state index contributed by atoms with van der Waals surface area (Å²) in [5, 5.41) is 11.7. The van der Waals surface area contributed by atoms with Gasteiger partial charge in [0.05, 0.1) is 6.61 Å². The van der Waals surface area contributed by atoms with Gasteiger partial charge in [-0.05, 0) is 19.1 Å². The zero-order valence-electron chi connectivity index (χ0n) is 9.97. The van der Waals surface area contributed by atoms with Crippen LogP contribution in [0.25, 0.3) is 0 Å². The molecule has 1 saturated heterocycles. The summed E-state index contributed by atoms with van der Waals surface area (Å²) in [6.07, 6.45) is 0.264. The van der Waals surface area contributed by atoms with Gasteiger partial charge in [0, 0.05) is 18.7 Å². The molecule has 18 heavy (non-hydrogen) atoms. The highest BCUT2D eigenvalue weighted by atomic mass is 16.5. The molecule has 1 aliphatic heterocycles. The minimum absolute atomic E-state index is 0.0140. The van der Waals surface area contributed by atoms with Crippen molar-refractivity contribution < 1.29 is 19.4 Å². The largest absolute Gasteiger partial charge is 0.479 e. The second kappa shape index (κ2) is 4.73. The molecule has 2 N–H and O–H groups in total. The number of nitrogens with zero attached hydrogens (tertiary/aromatic N) is 1. The maximum Gasteiger partial charge on any atom is 0.331 e. The molecule has 1 aromatic rings. The Morgan fingerprint density at radius 1 is 1.50 bits per heavy atom. The molecule has 1 unspecified atom stereocenters. The summed E-state index contributed by atoms with van der Waals surface area (Å²) in [5.41, 5.74) is -0.417. The highest BCUT2D eigenvalue weighted by Gasteiger charge is 2.44. The first-order chi connectivity index (χ1) is 8.53. The average Bonchev–Trinajstić information content (AvgIpc) is 2.79. The monoisotopic (exact) mass is 250 g/mol. The molecule has 6 nitrogen and oxygen atoms in total. The van der Waals surface area contributed by atoms with Gasteiger partial charge in [0.25, 0.3) is 5.91 Å². The Hall–Kier alpha value is -1.95. The first kappa shape index (κ1) is 12.5. The summed E-state index contributed by atoms with van der Waals surface area (Å²) >= 11 is 0. The standard InChI is InChI=1S/C12H14N2O4/c1-8-3-2-4-9(13-8)10(15)14-12(11(16)17)5-6-18-7-12/h2-4H,5-7H2,1H3,(H,14,15)(H,16,17). The van der Waals surface area contributed by atoms with E-state index in [1.165, 1.54) is 0 Å². The van der Waals surface area contributed by atoms with Crippen LogP contribution in [0.5, 0.6) is 0 Å². The Morgan fingerprint density at radius 2 is 2.28 bits per heavy atom. The van der Waals surface area contributed by atoms with Crippen molar-refractivity contribution in [3.63, 3.8) is 0 Å². The predicted octanol–water partition coefficient (Wildman–Crippen LogP) is 0.364. The van der Waals surface area contributed by atoms with E-state index in [4.69, 9.17) is 4.74 Å². The van der Waals surface area contributed by atoms with Gasteiger partial charge >= 0.3 is 5.97 Å². The van der Waals surface area contributed by atoms with E-state index in [9.17, 15) is 14.7 Å². The molecule has 1 fully saturated rings. The Bertz CT molecular complexity index is 481. The van der Waals surface area contributed by atoms with Gasteiger partial charge in [0.2, 0.25) is 0 Å². The molecule has 1 amide bonds. The summed E-state index contributed by atoms with van der Waals surface area (Å²) in [6, 6.07) is 5.02. The number of carboxylic acids is 1. The molecule has 1 aromatic heterocycles. The molecule has 6 heteroatoms. The van der Waals surface area contributed by atoms with Crippen molar-refractivity contribution in [2.75, 3.05) is 13.2 Å². The summed E-state index contributed by atoms with van der Waals surface area (Å²) < 4.78 is 5.07. The van der Waals surface area contributed by atoms with E-state index in [1.807, 2.05) is 0 Å². The first-order valence-corrected chi connectivity index (χ1v) is 5.61. The van der Waals surface area contributed by atoms with E-state index in [0.29, 0.717) is 12.3 Å². The van der Waals surface area contributed by atoms with Crippen molar-refractivity contribution >= 4 is 11.9 Å². The number of hydrogen-bond donors (Lipinski definition) is 2. The number of amides is 1. The van der Waals surface area contributed by atoms with Crippen molar-refractivity contribution in [1.82, 2.24) is 10.3 Å². The number of carboxylic acid groups (broad SMARTS) is 1. The minimum atomic E-state index is -1.33. The lowest BCUT2D eigenvalue weighted by molar-refractivity contribution is -0.144. The number of aliphatic carboxylic acids is 1. The normalized spacial score (nSPS) is 22.7. The maximum atomic E-state index is 12.0. The number of rotatable bonds is 3. The van der Waals surface area contributed by atoms with Gasteiger partial charge in [-0.3, -0.25) is 4.79 Å². The summed E-state index contributed by atoms with van der Waals surface area (Å²) in [4.78, 5) is 27.3. The number of aromatic nitrogens is 1. The number of carbonyl (C=O) groups is 2. The molecule has 2 heterocycles. The van der Waals surface area contributed by atoms with Crippen LogP contribution < -0.4 is 5.32 Å². The summed E-state index contributed by atoms with van der Waals surface area (Å²) in [7, 11) is 0. The van der Waals surface area contributed by atoms with Gasteiger partial charge in [-0.1, -0.05) is 6.07 Å². The lowest BCUT2D eigenvalue weighted by atomic mass is 9.99. The van der Waals surface area contributed by atoms with Crippen LogP contribution >= 0.6 is 0 Å². The van der Waals surface area contributed by atoms with Crippen molar-refractivity contribution in [1.29, 1.82) is 0 Å². The Labute approximate surface area is 104 Å². The van der Waals surface area contributed by atoms with Crippen LogP contribution in [-0.2, 0) is 9.53 Å². The van der Waals surface area contributed by atoms with Crippen LogP contribution in [0.1, 0.15) is 22.6 Å². The number of hydrogen-bond acceptors (Lipinski definition) is 4. The van der Waals surface area contributed by atoms with Crippen molar-refractivity contribution in [2.24, 2.45) is 0 Å². The number of ether oxygens (including phenoxy) is 1. The fourth-order valence-corrected chi connectivity index (χ4v) is 1.84. The van der Waals surface area contributed by atoms with Crippen molar-refractivity contribution in [2.45, 2.75) is 18.9 Å². The van der Waals surface area contributed by atoms with Crippen LogP contribution in [0.3, 0.4) is 0 Å². The van der Waals surface area contributed by atoms with Crippen molar-refractivity contribution in [3.05, 3.63) is 29.6 Å². The number of nitrogens with one attached hydrogen (secondary N) is 1. The van der Waals surface area contributed by atoms with Crippen LogP contribution in [0.4, 0.5) is 0 Å². The molecule has 0 saturated carbocycles. The zero-order chi connectivity index (χ0) is 13.2. The molecule has 2 rings (SSSR count). The molecule has 96 valence electrons. The Morgan fingerprint density at radius 3 is 2.83 bits per heavy atom. The zero-order valence-corrected chi connectivity index (χ0v) is 9.97. The topological polar surface area (TPSA) is 88.5 Å². The lowest BCUT2D eigenvalue weighted by Gasteiger charge is -2.23. The summed E-state index contributed by atoms with van der Waals surface area (Å²) in [6.45, 7) is 2.08. The van der Waals surface area contributed by atoms with E-state index < -0.39 is 17.4 Å². The highest BCUT2D eigenvalue weighted by molar-refractivity contribution is 5.96. The molecule has 1 atom stereocenters. The smallest absolute Gasteiger partial charge is 0.331 e. The molecule has 1 aliphatic rings. The minimum Gasteiger partial charge on any atom is -0.479 e. The van der Waals surface area contributed by atoms with E-state index >= 15 is 0 Å². The fraction of sp³-hybridized carbons (Fsp3) is 0.417. The number of aryl methyl sites for hydroxylation is 1. The maximum absolute atomic E-state index is 12.0. The van der Waals surface area contributed by atoms with Crippen LogP contribution in [0.15, 0.2) is 18.2 Å². The Kier molecular flexibility index (Phi) is 3.29. The third kappa shape index (κ3) is 2.33. The SMILES string of the molecule is Cc1cccc(C(=O)NC2(C(=O)O)CCOC2)n1. The van der Waals surface area contributed by atoms with E-state index in [2.05, 4.69) is 10.3 Å². The second-order valence-electron chi connectivity index (χ2n) is 4.31. The Balaban J connectivity index is 2.18. The van der Waals surface area contributed by atoms with Gasteiger partial charge in [-0.15, -0.1) is 0 Å². The molecule has 0 spiro atoms. The third-order valence-corrected chi connectivity index (χ3v) is 2.90. The molecule has 0 radical (unpaired) electrons. The molecule has 0 aliphatic carbocycles. The van der Waals surface area contributed by atoms with Crippen LogP contribution in [-0.4, -0.2) is 40.7 Å². The second-order valence-corrected chi connectivity index (χ2v) is 4.31. The van der Waals surface area contributed by atoms with Gasteiger partial charge in [0.15, 0.2) is 5.54 Å². The van der Waals surface area contributed by atoms with Gasteiger partial charge in [-0.25, -0.2) is 9.78 Å². The lowest BCUT2D eigenvalue weighted by Crippen LogP contribution is -2.55. The predicted molar refractivity (Wildman–Crippen MR) is 62.2 cm³/mol. The number of carbonyl (C=O) groups excluding carboxylic acids is 1. The molecule has 0 aromatic carbocycles. The van der Waals surface area contributed by atoms with Crippen LogP contribution in [0, 0.1) is 6.92 Å². The van der Waals surface area contributed by atoms with Gasteiger partial charge in [0.1, 0.15) is 5.69 Å². The molecule has 0 bridgehead atoms. The fourth-order valence-electron chi connectivity index (χ4n) is 1.84. The van der Waals surface area contributed by atoms with E-state index in [1.54, 1.807) is 25.1 Å². The van der Waals surface area contributed by atoms with Gasteiger partial charge in [-0.2, -0.15) is 0 Å². The molecular weight excluding hydrogens is 236 g/mol. The van der Waals surface area contributed by atoms with Crippen LogP contribution in [0.2, 0.25) is 0 Å². The first-order valence-electron chi connectivity index (χ1n) is 5.61. The van der Waals surface area contributed by atoms with Crippen molar-refractivity contribution in [3.8, 4) is 0 Å². The number of pyridine rings is 1. The molecular formula is C12H14N2O4. The average molecular weight is 250 g/mol. The highest BCUT2D eigenvalue weighted by Crippen LogP contribution is 2.19. The van der Waals surface area contributed by atoms with Gasteiger partial charge < -0.3 is 15.2 Å². The third-order valence-electron chi connectivity index (χ3n) is 2.90. The quantitative estimate of drug-likeness (QED) is 0.808. The summed E-state index contributed by atoms with van der Waals surface area (Å²) in [5.74, 6) is -1.58. The van der Waals surface area contributed by atoms with E-state index in [-0.39, 0.29) is 18.7 Å². The van der Waals surface area contributed by atoms with E-state index in [0.717, 1.165) is 0 Å².